The highest BCUT2D eigenvalue weighted by Gasteiger charge is 2.08. The summed E-state index contributed by atoms with van der Waals surface area (Å²) in [5.41, 5.74) is 0.462. The molecule has 7 heteroatoms. The van der Waals surface area contributed by atoms with Gasteiger partial charge in [-0.15, -0.1) is 0 Å². The van der Waals surface area contributed by atoms with Gasteiger partial charge >= 0.3 is 6.09 Å². The van der Waals surface area contributed by atoms with Gasteiger partial charge in [0, 0.05) is 11.8 Å². The molecule has 0 aromatic heterocycles. The third kappa shape index (κ3) is 3.93. The number of benzene rings is 2. The van der Waals surface area contributed by atoms with Crippen LogP contribution in [0.2, 0.25) is 20.1 Å². The number of amides is 1. The minimum Gasteiger partial charge on any atom is -0.410 e. The molecule has 0 spiro atoms. The van der Waals surface area contributed by atoms with Crippen LogP contribution in [0.25, 0.3) is 0 Å². The third-order valence-corrected chi connectivity index (χ3v) is 3.75. The Morgan fingerprint density at radius 2 is 1.45 bits per heavy atom. The summed E-state index contributed by atoms with van der Waals surface area (Å²) in [5, 5.41) is 3.92. The number of ether oxygens (including phenoxy) is 1. The van der Waals surface area contributed by atoms with Crippen LogP contribution >= 0.6 is 46.4 Å². The van der Waals surface area contributed by atoms with E-state index in [2.05, 4.69) is 5.32 Å². The molecule has 0 unspecified atom stereocenters. The Balaban J connectivity index is 2.04. The van der Waals surface area contributed by atoms with Crippen LogP contribution < -0.4 is 10.1 Å². The summed E-state index contributed by atoms with van der Waals surface area (Å²) in [7, 11) is 0. The Kier molecular flexibility index (Phi) is 5.00. The van der Waals surface area contributed by atoms with Crippen LogP contribution in [0.4, 0.5) is 10.5 Å². The van der Waals surface area contributed by atoms with E-state index in [9.17, 15) is 4.79 Å². The number of rotatable bonds is 2. The lowest BCUT2D eigenvalue weighted by atomic mass is 10.3. The molecule has 20 heavy (non-hydrogen) atoms. The smallest absolute Gasteiger partial charge is 0.410 e. The van der Waals surface area contributed by atoms with Crippen molar-refractivity contribution in [3.8, 4) is 5.75 Å². The molecular weight excluding hydrogens is 344 g/mol. The highest BCUT2D eigenvalue weighted by atomic mass is 35.5. The topological polar surface area (TPSA) is 38.3 Å². The van der Waals surface area contributed by atoms with E-state index in [1.807, 2.05) is 0 Å². The quantitative estimate of drug-likeness (QED) is 0.730. The van der Waals surface area contributed by atoms with Gasteiger partial charge in [0.25, 0.3) is 0 Å². The van der Waals surface area contributed by atoms with E-state index in [4.69, 9.17) is 51.1 Å². The molecule has 0 saturated carbocycles. The minimum absolute atomic E-state index is 0.275. The molecule has 0 aliphatic rings. The Bertz CT molecular complexity index is 605. The maximum Gasteiger partial charge on any atom is 0.417 e. The van der Waals surface area contributed by atoms with Crippen LogP contribution in [0.3, 0.4) is 0 Å². The number of carbonyl (C=O) groups is 1. The fraction of sp³-hybridized carbons (Fsp3) is 0. The standard InChI is InChI=1S/C13H7Cl4NO2/c14-9-3-1-7(5-11(9)16)18-13(19)20-8-2-4-10(15)12(17)6-8/h1-6H,(H,18,19). The largest absolute Gasteiger partial charge is 0.417 e. The fourth-order valence-corrected chi connectivity index (χ4v) is 1.95. The van der Waals surface area contributed by atoms with Gasteiger partial charge in [-0.05, 0) is 30.3 Å². The van der Waals surface area contributed by atoms with Gasteiger partial charge in [-0.3, -0.25) is 5.32 Å². The predicted octanol–water partition coefficient (Wildman–Crippen LogP) is 5.91. The van der Waals surface area contributed by atoms with Crippen molar-refractivity contribution in [2.45, 2.75) is 0 Å². The maximum absolute atomic E-state index is 11.7. The van der Waals surface area contributed by atoms with Crippen molar-refractivity contribution in [1.29, 1.82) is 0 Å². The molecule has 1 amide bonds. The normalized spacial score (nSPS) is 10.2. The first kappa shape index (κ1) is 15.3. The number of carbonyl (C=O) groups excluding carboxylic acids is 1. The van der Waals surface area contributed by atoms with E-state index in [-0.39, 0.29) is 5.75 Å². The second-order valence-corrected chi connectivity index (χ2v) is 5.35. The van der Waals surface area contributed by atoms with Gasteiger partial charge in [0.2, 0.25) is 0 Å². The fourth-order valence-electron chi connectivity index (χ4n) is 1.36. The van der Waals surface area contributed by atoms with Crippen LogP contribution in [0.1, 0.15) is 0 Å². The van der Waals surface area contributed by atoms with Crippen molar-refractivity contribution >= 4 is 58.2 Å². The molecule has 2 rings (SSSR count). The van der Waals surface area contributed by atoms with E-state index >= 15 is 0 Å². The van der Waals surface area contributed by atoms with Gasteiger partial charge in [-0.2, -0.15) is 0 Å². The molecule has 2 aromatic rings. The minimum atomic E-state index is -0.679. The summed E-state index contributed by atoms with van der Waals surface area (Å²) in [6.07, 6.45) is -0.679. The summed E-state index contributed by atoms with van der Waals surface area (Å²) in [5.74, 6) is 0.275. The number of anilines is 1. The molecule has 0 atom stereocenters. The van der Waals surface area contributed by atoms with E-state index in [1.165, 1.54) is 24.3 Å². The maximum atomic E-state index is 11.7. The zero-order chi connectivity index (χ0) is 14.7. The third-order valence-electron chi connectivity index (χ3n) is 2.27. The number of nitrogens with one attached hydrogen (secondary N) is 1. The lowest BCUT2D eigenvalue weighted by molar-refractivity contribution is 0.215. The predicted molar refractivity (Wildman–Crippen MR) is 82.6 cm³/mol. The van der Waals surface area contributed by atoms with Crippen molar-refractivity contribution in [1.82, 2.24) is 0 Å². The van der Waals surface area contributed by atoms with Gasteiger partial charge in [-0.25, -0.2) is 4.79 Å². The number of halogens is 4. The van der Waals surface area contributed by atoms with E-state index in [1.54, 1.807) is 12.1 Å². The summed E-state index contributed by atoms with van der Waals surface area (Å²) in [6, 6.07) is 9.19. The zero-order valence-corrected chi connectivity index (χ0v) is 12.8. The molecule has 0 fully saturated rings. The molecule has 3 nitrogen and oxygen atoms in total. The molecule has 0 aliphatic heterocycles. The van der Waals surface area contributed by atoms with E-state index < -0.39 is 6.09 Å². The lowest BCUT2D eigenvalue weighted by Gasteiger charge is -2.08. The van der Waals surface area contributed by atoms with Gasteiger partial charge in [0.15, 0.2) is 0 Å². The Labute approximate surface area is 135 Å². The number of hydrogen-bond donors (Lipinski definition) is 1. The first-order chi connectivity index (χ1) is 9.45. The molecule has 0 bridgehead atoms. The van der Waals surface area contributed by atoms with Gasteiger partial charge in [-0.1, -0.05) is 46.4 Å². The highest BCUT2D eigenvalue weighted by Crippen LogP contribution is 2.27. The Morgan fingerprint density at radius 3 is 2.05 bits per heavy atom. The molecule has 0 radical (unpaired) electrons. The van der Waals surface area contributed by atoms with Gasteiger partial charge in [0.05, 0.1) is 20.1 Å². The van der Waals surface area contributed by atoms with Gasteiger partial charge in [0.1, 0.15) is 5.75 Å². The van der Waals surface area contributed by atoms with Crippen LogP contribution in [0, 0.1) is 0 Å². The van der Waals surface area contributed by atoms with Crippen molar-refractivity contribution in [2.75, 3.05) is 5.32 Å². The first-order valence-corrected chi connectivity index (χ1v) is 6.86. The summed E-state index contributed by atoms with van der Waals surface area (Å²) >= 11 is 23.2. The Hall–Kier alpha value is -1.13. The van der Waals surface area contributed by atoms with Crippen molar-refractivity contribution in [3.63, 3.8) is 0 Å². The monoisotopic (exact) mass is 349 g/mol. The van der Waals surface area contributed by atoms with E-state index in [0.717, 1.165) is 0 Å². The van der Waals surface area contributed by atoms with Crippen LogP contribution in [-0.4, -0.2) is 6.09 Å². The molecular formula is C13H7Cl4NO2. The van der Waals surface area contributed by atoms with Crippen LogP contribution in [0.15, 0.2) is 36.4 Å². The first-order valence-electron chi connectivity index (χ1n) is 5.34. The molecule has 0 aliphatic carbocycles. The summed E-state index contributed by atoms with van der Waals surface area (Å²) < 4.78 is 5.06. The average Bonchev–Trinajstić information content (AvgIpc) is 2.38. The molecule has 104 valence electrons. The summed E-state index contributed by atoms with van der Waals surface area (Å²) in [6.45, 7) is 0. The zero-order valence-electron chi connectivity index (χ0n) is 9.79. The molecule has 2 aromatic carbocycles. The highest BCUT2D eigenvalue weighted by molar-refractivity contribution is 6.42. The van der Waals surface area contributed by atoms with Crippen molar-refractivity contribution < 1.29 is 9.53 Å². The molecule has 0 saturated heterocycles. The second kappa shape index (κ2) is 6.55. The number of hydrogen-bond acceptors (Lipinski definition) is 2. The van der Waals surface area contributed by atoms with Crippen LogP contribution in [0.5, 0.6) is 5.75 Å². The van der Waals surface area contributed by atoms with Crippen molar-refractivity contribution in [3.05, 3.63) is 56.5 Å². The Morgan fingerprint density at radius 1 is 0.850 bits per heavy atom. The van der Waals surface area contributed by atoms with Gasteiger partial charge < -0.3 is 4.74 Å². The average molecular weight is 351 g/mol. The SMILES string of the molecule is O=C(Nc1ccc(Cl)c(Cl)c1)Oc1ccc(Cl)c(Cl)c1. The van der Waals surface area contributed by atoms with E-state index in [0.29, 0.717) is 25.8 Å². The second-order valence-electron chi connectivity index (χ2n) is 3.72. The van der Waals surface area contributed by atoms with Crippen LogP contribution in [-0.2, 0) is 0 Å². The molecule has 0 heterocycles. The molecule has 1 N–H and O–H groups in total. The lowest BCUT2D eigenvalue weighted by Crippen LogP contribution is -2.16. The summed E-state index contributed by atoms with van der Waals surface area (Å²) in [4.78, 5) is 11.7. The van der Waals surface area contributed by atoms with Crippen molar-refractivity contribution in [2.24, 2.45) is 0 Å².